The van der Waals surface area contributed by atoms with Crippen molar-refractivity contribution in [2.75, 3.05) is 0 Å². The van der Waals surface area contributed by atoms with Gasteiger partial charge in [-0.1, -0.05) is 6.92 Å². The molecule has 0 bridgehead atoms. The Balaban J connectivity index is 2.05. The first-order valence-corrected chi connectivity index (χ1v) is 6.74. The smallest absolute Gasteiger partial charge is 0.109 e. The van der Waals surface area contributed by atoms with E-state index in [9.17, 15) is 0 Å². The Morgan fingerprint density at radius 2 is 2.06 bits per heavy atom. The number of hydrogen-bond donors (Lipinski definition) is 1. The first-order chi connectivity index (χ1) is 8.31. The molecule has 0 amide bonds. The van der Waals surface area contributed by atoms with E-state index in [0.717, 1.165) is 11.4 Å². The Hall–Kier alpha value is -1.26. The summed E-state index contributed by atoms with van der Waals surface area (Å²) in [6.45, 7) is 4.35. The van der Waals surface area contributed by atoms with Gasteiger partial charge >= 0.3 is 0 Å². The average Bonchev–Trinajstić information content (AvgIpc) is 2.90. The molecule has 2 rings (SSSR count). The minimum absolute atomic E-state index is 0.312. The van der Waals surface area contributed by atoms with Crippen LogP contribution in [0.3, 0.4) is 0 Å². The zero-order valence-electron chi connectivity index (χ0n) is 10.1. The molecule has 0 aliphatic carbocycles. The third-order valence-electron chi connectivity index (χ3n) is 2.82. The van der Waals surface area contributed by atoms with Crippen LogP contribution in [-0.4, -0.2) is 9.97 Å². The fraction of sp³-hybridized carbons (Fsp3) is 0.385. The number of nitrogens with zero attached hydrogens (tertiary/aromatic N) is 2. The summed E-state index contributed by atoms with van der Waals surface area (Å²) in [7, 11) is 0. The van der Waals surface area contributed by atoms with Crippen LogP contribution in [0.2, 0.25) is 0 Å². The number of aromatic nitrogens is 2. The normalized spacial score (nSPS) is 14.5. The first-order valence-electron chi connectivity index (χ1n) is 5.86. The maximum Gasteiger partial charge on any atom is 0.109 e. The number of nitrogens with one attached hydrogen (secondary N) is 1. The maximum atomic E-state index is 4.38. The van der Waals surface area contributed by atoms with Crippen LogP contribution in [0.4, 0.5) is 0 Å². The highest BCUT2D eigenvalue weighted by Crippen LogP contribution is 2.23. The zero-order chi connectivity index (χ0) is 12.1. The Labute approximate surface area is 106 Å². The van der Waals surface area contributed by atoms with Gasteiger partial charge in [0.05, 0.1) is 6.04 Å². The number of rotatable bonds is 5. The van der Waals surface area contributed by atoms with Gasteiger partial charge in [0.2, 0.25) is 0 Å². The van der Waals surface area contributed by atoms with Gasteiger partial charge in [-0.3, -0.25) is 4.98 Å². The molecule has 0 aromatic carbocycles. The van der Waals surface area contributed by atoms with Gasteiger partial charge in [0.15, 0.2) is 0 Å². The van der Waals surface area contributed by atoms with Crippen molar-refractivity contribution in [1.82, 2.24) is 15.3 Å². The third kappa shape index (κ3) is 3.11. The van der Waals surface area contributed by atoms with E-state index in [1.54, 1.807) is 11.3 Å². The Kier molecular flexibility index (Phi) is 4.23. The summed E-state index contributed by atoms with van der Waals surface area (Å²) in [5.41, 5.74) is 1.26. The fourth-order valence-electron chi connectivity index (χ4n) is 1.82. The van der Waals surface area contributed by atoms with Crippen molar-refractivity contribution in [2.24, 2.45) is 0 Å². The molecule has 0 saturated heterocycles. The molecular formula is C13H17N3S. The van der Waals surface area contributed by atoms with Gasteiger partial charge in [-0.25, -0.2) is 4.98 Å². The van der Waals surface area contributed by atoms with Crippen molar-refractivity contribution in [1.29, 1.82) is 0 Å². The lowest BCUT2D eigenvalue weighted by Crippen LogP contribution is -2.24. The maximum absolute atomic E-state index is 4.38. The Bertz CT molecular complexity index is 427. The molecule has 0 saturated carbocycles. The fourth-order valence-corrected chi connectivity index (χ4v) is 2.60. The second-order valence-electron chi connectivity index (χ2n) is 4.00. The van der Waals surface area contributed by atoms with Gasteiger partial charge in [0.25, 0.3) is 0 Å². The van der Waals surface area contributed by atoms with E-state index in [1.165, 1.54) is 5.56 Å². The third-order valence-corrected chi connectivity index (χ3v) is 3.70. The minimum atomic E-state index is 0.312. The molecule has 0 spiro atoms. The number of hydrogen-bond acceptors (Lipinski definition) is 4. The van der Waals surface area contributed by atoms with Gasteiger partial charge in [-0.2, -0.15) is 0 Å². The number of pyridine rings is 1. The van der Waals surface area contributed by atoms with Gasteiger partial charge < -0.3 is 5.32 Å². The molecule has 2 aromatic rings. The van der Waals surface area contributed by atoms with Gasteiger partial charge in [-0.05, 0) is 31.0 Å². The highest BCUT2D eigenvalue weighted by Gasteiger charge is 2.15. The summed E-state index contributed by atoms with van der Waals surface area (Å²) < 4.78 is 0. The molecule has 2 heterocycles. The molecule has 2 aromatic heterocycles. The van der Waals surface area contributed by atoms with E-state index in [-0.39, 0.29) is 0 Å². The monoisotopic (exact) mass is 247 g/mol. The standard InChI is InChI=1S/C13H17N3S/c1-3-12(13-15-8-9-17-13)16-10(2)11-4-6-14-7-5-11/h4-10,12,16H,3H2,1-2H3. The van der Waals surface area contributed by atoms with Crippen LogP contribution in [-0.2, 0) is 0 Å². The minimum Gasteiger partial charge on any atom is -0.301 e. The number of thiazole rings is 1. The van der Waals surface area contributed by atoms with Gasteiger partial charge in [0.1, 0.15) is 5.01 Å². The molecular weight excluding hydrogens is 230 g/mol. The van der Waals surface area contributed by atoms with Crippen molar-refractivity contribution in [3.8, 4) is 0 Å². The predicted octanol–water partition coefficient (Wildman–Crippen LogP) is 3.34. The van der Waals surface area contributed by atoms with Crippen molar-refractivity contribution in [2.45, 2.75) is 32.4 Å². The van der Waals surface area contributed by atoms with Crippen LogP contribution < -0.4 is 5.32 Å². The van der Waals surface area contributed by atoms with Crippen molar-refractivity contribution in [3.63, 3.8) is 0 Å². The molecule has 90 valence electrons. The van der Waals surface area contributed by atoms with Gasteiger partial charge in [-0.15, -0.1) is 11.3 Å². The Morgan fingerprint density at radius 1 is 1.29 bits per heavy atom. The van der Waals surface area contributed by atoms with Crippen LogP contribution in [0.1, 0.15) is 42.9 Å². The highest BCUT2D eigenvalue weighted by molar-refractivity contribution is 7.09. The zero-order valence-corrected chi connectivity index (χ0v) is 10.9. The van der Waals surface area contributed by atoms with E-state index in [1.807, 2.05) is 36.1 Å². The highest BCUT2D eigenvalue weighted by atomic mass is 32.1. The molecule has 1 N–H and O–H groups in total. The van der Waals surface area contributed by atoms with Crippen LogP contribution in [0.15, 0.2) is 36.1 Å². The molecule has 0 fully saturated rings. The lowest BCUT2D eigenvalue weighted by molar-refractivity contribution is 0.455. The lowest BCUT2D eigenvalue weighted by Gasteiger charge is -2.20. The second-order valence-corrected chi connectivity index (χ2v) is 4.93. The summed E-state index contributed by atoms with van der Waals surface area (Å²) in [5.74, 6) is 0. The van der Waals surface area contributed by atoms with Crippen LogP contribution in [0.5, 0.6) is 0 Å². The summed E-state index contributed by atoms with van der Waals surface area (Å²) in [6.07, 6.45) is 6.57. The summed E-state index contributed by atoms with van der Waals surface area (Å²) in [6, 6.07) is 4.74. The van der Waals surface area contributed by atoms with Crippen LogP contribution in [0.25, 0.3) is 0 Å². The molecule has 17 heavy (non-hydrogen) atoms. The largest absolute Gasteiger partial charge is 0.301 e. The quantitative estimate of drug-likeness (QED) is 0.880. The molecule has 2 atom stereocenters. The van der Waals surface area contributed by atoms with E-state index in [0.29, 0.717) is 12.1 Å². The topological polar surface area (TPSA) is 37.8 Å². The summed E-state index contributed by atoms with van der Waals surface area (Å²) in [4.78, 5) is 8.42. The van der Waals surface area contributed by atoms with Gasteiger partial charge in [0, 0.05) is 30.0 Å². The van der Waals surface area contributed by atoms with E-state index in [2.05, 4.69) is 29.1 Å². The molecule has 3 nitrogen and oxygen atoms in total. The van der Waals surface area contributed by atoms with E-state index < -0.39 is 0 Å². The SMILES string of the molecule is CCC(NC(C)c1ccncc1)c1nccs1. The molecule has 0 aliphatic heterocycles. The molecule has 0 radical (unpaired) electrons. The van der Waals surface area contributed by atoms with Crippen molar-refractivity contribution in [3.05, 3.63) is 46.7 Å². The predicted molar refractivity (Wildman–Crippen MR) is 70.9 cm³/mol. The Morgan fingerprint density at radius 3 is 2.65 bits per heavy atom. The lowest BCUT2D eigenvalue weighted by atomic mass is 10.1. The summed E-state index contributed by atoms with van der Waals surface area (Å²) >= 11 is 1.71. The summed E-state index contributed by atoms with van der Waals surface area (Å²) in [5, 5.41) is 6.79. The molecule has 4 heteroatoms. The van der Waals surface area contributed by atoms with Crippen molar-refractivity contribution < 1.29 is 0 Å². The first kappa shape index (κ1) is 12.2. The average molecular weight is 247 g/mol. The van der Waals surface area contributed by atoms with Crippen LogP contribution in [0, 0.1) is 0 Å². The van der Waals surface area contributed by atoms with E-state index in [4.69, 9.17) is 0 Å². The molecule has 2 unspecified atom stereocenters. The van der Waals surface area contributed by atoms with Crippen LogP contribution >= 0.6 is 11.3 Å². The van der Waals surface area contributed by atoms with E-state index >= 15 is 0 Å². The second kappa shape index (κ2) is 5.89. The van der Waals surface area contributed by atoms with Crippen molar-refractivity contribution >= 4 is 11.3 Å². The molecule has 0 aliphatic rings.